The number of hydrogen-bond acceptors (Lipinski definition) is 5. The van der Waals surface area contributed by atoms with Gasteiger partial charge in [0.2, 0.25) is 10.0 Å². The Bertz CT molecular complexity index is 665. The zero-order valence-electron chi connectivity index (χ0n) is 12.1. The van der Waals surface area contributed by atoms with Crippen molar-refractivity contribution < 1.29 is 22.7 Å². The van der Waals surface area contributed by atoms with Crippen LogP contribution in [0, 0.1) is 5.92 Å². The summed E-state index contributed by atoms with van der Waals surface area (Å²) in [7, 11) is -3.77. The second-order valence-electron chi connectivity index (χ2n) is 5.27. The van der Waals surface area contributed by atoms with Gasteiger partial charge in [0, 0.05) is 5.69 Å². The molecule has 7 nitrogen and oxygen atoms in total. The number of carbonyl (C=O) groups excluding carboxylic acids is 2. The molecular weight excluding hydrogens is 308 g/mol. The fourth-order valence-corrected chi connectivity index (χ4v) is 2.46. The lowest BCUT2D eigenvalue weighted by Gasteiger charge is -2.24. The minimum Gasteiger partial charge on any atom is -0.452 e. The molecule has 0 radical (unpaired) electrons. The molecule has 0 saturated heterocycles. The van der Waals surface area contributed by atoms with Crippen LogP contribution >= 0.6 is 0 Å². The lowest BCUT2D eigenvalue weighted by atomic mass is 9.86. The molecule has 8 heteroatoms. The zero-order valence-corrected chi connectivity index (χ0v) is 12.9. The fraction of sp³-hybridized carbons (Fsp3) is 0.429. The van der Waals surface area contributed by atoms with Crippen LogP contribution in [0.25, 0.3) is 0 Å². The number of ether oxygens (including phenoxy) is 1. The van der Waals surface area contributed by atoms with Crippen molar-refractivity contribution in [3.8, 4) is 0 Å². The normalized spacial score (nSPS) is 16.5. The van der Waals surface area contributed by atoms with Gasteiger partial charge in [0.05, 0.1) is 10.8 Å². The molecule has 1 atom stereocenters. The molecular formula is C14H18N2O5S. The van der Waals surface area contributed by atoms with Gasteiger partial charge in [0.15, 0.2) is 6.10 Å². The number of carbonyl (C=O) groups is 2. The van der Waals surface area contributed by atoms with Gasteiger partial charge in [-0.15, -0.1) is 0 Å². The molecule has 2 rings (SSSR count). The van der Waals surface area contributed by atoms with E-state index in [-0.39, 0.29) is 16.8 Å². The Kier molecular flexibility index (Phi) is 4.82. The van der Waals surface area contributed by atoms with Crippen LogP contribution in [0.15, 0.2) is 29.2 Å². The molecule has 22 heavy (non-hydrogen) atoms. The second kappa shape index (κ2) is 6.45. The second-order valence-corrected chi connectivity index (χ2v) is 6.83. The van der Waals surface area contributed by atoms with Crippen molar-refractivity contribution in [2.75, 3.05) is 5.32 Å². The molecule has 0 spiro atoms. The van der Waals surface area contributed by atoms with Crippen molar-refractivity contribution in [2.24, 2.45) is 11.1 Å². The lowest BCUT2D eigenvalue weighted by molar-refractivity contribution is -0.159. The molecule has 1 aromatic rings. The van der Waals surface area contributed by atoms with Crippen LogP contribution in [0.2, 0.25) is 0 Å². The first-order valence-electron chi connectivity index (χ1n) is 6.91. The highest BCUT2D eigenvalue weighted by molar-refractivity contribution is 7.89. The van der Waals surface area contributed by atoms with Crippen LogP contribution in [0.5, 0.6) is 0 Å². The van der Waals surface area contributed by atoms with Crippen LogP contribution in [0.3, 0.4) is 0 Å². The van der Waals surface area contributed by atoms with Gasteiger partial charge in [-0.1, -0.05) is 6.42 Å². The summed E-state index contributed by atoms with van der Waals surface area (Å²) >= 11 is 0. The van der Waals surface area contributed by atoms with Crippen molar-refractivity contribution in [1.82, 2.24) is 0 Å². The van der Waals surface area contributed by atoms with Gasteiger partial charge in [0.25, 0.3) is 5.91 Å². The Morgan fingerprint density at radius 3 is 2.32 bits per heavy atom. The highest BCUT2D eigenvalue weighted by atomic mass is 32.2. The number of sulfonamides is 1. The largest absolute Gasteiger partial charge is 0.452 e. The number of esters is 1. The number of primary sulfonamides is 1. The predicted octanol–water partition coefficient (Wildman–Crippen LogP) is 1.00. The van der Waals surface area contributed by atoms with E-state index in [1.54, 1.807) is 0 Å². The van der Waals surface area contributed by atoms with Crippen LogP contribution < -0.4 is 10.5 Å². The Morgan fingerprint density at radius 2 is 1.86 bits per heavy atom. The average molecular weight is 326 g/mol. The number of nitrogens with one attached hydrogen (secondary N) is 1. The maximum absolute atomic E-state index is 11.9. The first kappa shape index (κ1) is 16.4. The Labute approximate surface area is 128 Å². The quantitative estimate of drug-likeness (QED) is 0.783. The monoisotopic (exact) mass is 326 g/mol. The Balaban J connectivity index is 1.91. The Morgan fingerprint density at radius 1 is 1.27 bits per heavy atom. The molecule has 0 bridgehead atoms. The molecule has 0 unspecified atom stereocenters. The lowest BCUT2D eigenvalue weighted by Crippen LogP contribution is -2.34. The molecule has 0 heterocycles. The van der Waals surface area contributed by atoms with Crippen molar-refractivity contribution in [3.05, 3.63) is 24.3 Å². The summed E-state index contributed by atoms with van der Waals surface area (Å²) in [5.41, 5.74) is 0.393. The summed E-state index contributed by atoms with van der Waals surface area (Å²) in [4.78, 5) is 23.5. The number of hydrogen-bond donors (Lipinski definition) is 2. The van der Waals surface area contributed by atoms with Crippen LogP contribution in [0.4, 0.5) is 5.69 Å². The van der Waals surface area contributed by atoms with E-state index in [9.17, 15) is 18.0 Å². The fourth-order valence-electron chi connectivity index (χ4n) is 1.94. The maximum Gasteiger partial charge on any atom is 0.309 e. The smallest absolute Gasteiger partial charge is 0.309 e. The average Bonchev–Trinajstić information content (AvgIpc) is 2.35. The highest BCUT2D eigenvalue weighted by Gasteiger charge is 2.29. The van der Waals surface area contributed by atoms with Crippen LogP contribution in [-0.4, -0.2) is 26.4 Å². The van der Waals surface area contributed by atoms with Crippen molar-refractivity contribution in [3.63, 3.8) is 0 Å². The van der Waals surface area contributed by atoms with Gasteiger partial charge in [-0.3, -0.25) is 9.59 Å². The standard InChI is InChI=1S/C14H18N2O5S/c1-9(21-14(18)10-3-2-4-10)13(17)16-11-5-7-12(8-6-11)22(15,19)20/h5-10H,2-4H2,1H3,(H,16,17)(H2,15,19,20)/t9-/m0/s1. The summed E-state index contributed by atoms with van der Waals surface area (Å²) in [5, 5.41) is 7.53. The third-order valence-electron chi connectivity index (χ3n) is 3.55. The van der Waals surface area contributed by atoms with E-state index in [0.717, 1.165) is 19.3 Å². The summed E-state index contributed by atoms with van der Waals surface area (Å²) in [5.74, 6) is -0.918. The number of amides is 1. The third-order valence-corrected chi connectivity index (χ3v) is 4.48. The van der Waals surface area contributed by atoms with Gasteiger partial charge in [-0.05, 0) is 44.0 Å². The Hall–Kier alpha value is -1.93. The number of benzene rings is 1. The highest BCUT2D eigenvalue weighted by Crippen LogP contribution is 2.27. The van der Waals surface area contributed by atoms with E-state index in [0.29, 0.717) is 5.69 Å². The van der Waals surface area contributed by atoms with E-state index in [1.165, 1.54) is 31.2 Å². The summed E-state index contributed by atoms with van der Waals surface area (Å²) in [6.45, 7) is 1.49. The summed E-state index contributed by atoms with van der Waals surface area (Å²) < 4.78 is 27.4. The predicted molar refractivity (Wildman–Crippen MR) is 79.3 cm³/mol. The van der Waals surface area contributed by atoms with Gasteiger partial charge in [-0.2, -0.15) is 0 Å². The van der Waals surface area contributed by atoms with E-state index in [2.05, 4.69) is 5.32 Å². The zero-order chi connectivity index (χ0) is 16.3. The number of rotatable bonds is 5. The van der Waals surface area contributed by atoms with E-state index in [1.807, 2.05) is 0 Å². The maximum atomic E-state index is 11.9. The first-order valence-corrected chi connectivity index (χ1v) is 8.46. The van der Waals surface area contributed by atoms with Crippen molar-refractivity contribution in [1.29, 1.82) is 0 Å². The molecule has 1 aliphatic carbocycles. The first-order chi connectivity index (χ1) is 10.3. The molecule has 1 amide bonds. The molecule has 1 saturated carbocycles. The molecule has 1 aliphatic rings. The summed E-state index contributed by atoms with van der Waals surface area (Å²) in [6.07, 6.45) is 1.72. The SMILES string of the molecule is C[C@H](OC(=O)C1CCC1)C(=O)Nc1ccc(S(N)(=O)=O)cc1. The summed E-state index contributed by atoms with van der Waals surface area (Å²) in [6, 6.07) is 5.40. The third kappa shape index (κ3) is 4.05. The van der Waals surface area contributed by atoms with E-state index < -0.39 is 22.0 Å². The van der Waals surface area contributed by atoms with Gasteiger partial charge in [0.1, 0.15) is 0 Å². The van der Waals surface area contributed by atoms with Gasteiger partial charge in [-0.25, -0.2) is 13.6 Å². The van der Waals surface area contributed by atoms with Crippen LogP contribution in [-0.2, 0) is 24.3 Å². The molecule has 1 fully saturated rings. The number of nitrogens with two attached hydrogens (primary N) is 1. The molecule has 0 aromatic heterocycles. The topological polar surface area (TPSA) is 116 Å². The molecule has 0 aliphatic heterocycles. The van der Waals surface area contributed by atoms with Gasteiger partial charge < -0.3 is 10.1 Å². The van der Waals surface area contributed by atoms with E-state index in [4.69, 9.17) is 9.88 Å². The van der Waals surface area contributed by atoms with E-state index >= 15 is 0 Å². The van der Waals surface area contributed by atoms with Crippen LogP contribution in [0.1, 0.15) is 26.2 Å². The molecule has 120 valence electrons. The number of anilines is 1. The van der Waals surface area contributed by atoms with Crippen molar-refractivity contribution in [2.45, 2.75) is 37.2 Å². The molecule has 3 N–H and O–H groups in total. The minimum absolute atomic E-state index is 0.0463. The van der Waals surface area contributed by atoms with Gasteiger partial charge >= 0.3 is 5.97 Å². The minimum atomic E-state index is -3.77. The molecule has 1 aromatic carbocycles. The van der Waals surface area contributed by atoms with Crippen molar-refractivity contribution >= 4 is 27.6 Å².